The highest BCUT2D eigenvalue weighted by molar-refractivity contribution is 7.80. The first-order valence-electron chi connectivity index (χ1n) is 13.0. The minimum Gasteiger partial charge on any atom is -0.726 e. The molecule has 0 amide bonds. The van der Waals surface area contributed by atoms with E-state index in [4.69, 9.17) is 14.9 Å². The first-order chi connectivity index (χ1) is 16.1. The van der Waals surface area contributed by atoms with Crippen LogP contribution in [0.1, 0.15) is 90.9 Å². The Kier molecular flexibility index (Phi) is 25.7. The minimum absolute atomic E-state index is 0.0585. The van der Waals surface area contributed by atoms with Crippen LogP contribution in [0.2, 0.25) is 0 Å². The summed E-state index contributed by atoms with van der Waals surface area (Å²) in [7, 11) is -2.48. The number of ether oxygens (including phenoxy) is 1. The second-order valence-electron chi connectivity index (χ2n) is 9.13. The molecule has 0 fully saturated rings. The summed E-state index contributed by atoms with van der Waals surface area (Å²) in [5, 5.41) is 28.4. The first kappa shape index (κ1) is 35.8. The van der Waals surface area contributed by atoms with Crippen molar-refractivity contribution >= 4 is 10.4 Å². The summed E-state index contributed by atoms with van der Waals surface area (Å²) in [4.78, 5) is 0. The summed E-state index contributed by atoms with van der Waals surface area (Å²) in [6.07, 6.45) is 15.4. The fourth-order valence-corrected chi connectivity index (χ4v) is 4.04. The second kappa shape index (κ2) is 24.4. The van der Waals surface area contributed by atoms with Gasteiger partial charge in [0.2, 0.25) is 10.4 Å². The van der Waals surface area contributed by atoms with Crippen molar-refractivity contribution in [2.24, 2.45) is 0 Å². The minimum atomic E-state index is -4.42. The maximum absolute atomic E-state index is 10.1. The van der Waals surface area contributed by atoms with Crippen molar-refractivity contribution in [1.29, 1.82) is 0 Å². The fraction of sp³-hybridized carbons (Fsp3) is 1.00. The van der Waals surface area contributed by atoms with Crippen LogP contribution in [0, 0.1) is 0 Å². The zero-order chi connectivity index (χ0) is 26.1. The average Bonchev–Trinajstić information content (AvgIpc) is 2.73. The molecule has 0 aliphatic rings. The molecule has 0 radical (unpaired) electrons. The Morgan fingerprint density at radius 1 is 0.824 bits per heavy atom. The van der Waals surface area contributed by atoms with Crippen molar-refractivity contribution in [3.8, 4) is 0 Å². The van der Waals surface area contributed by atoms with Gasteiger partial charge in [0.15, 0.2) is 0 Å². The lowest BCUT2D eigenvalue weighted by Crippen LogP contribution is -2.52. The van der Waals surface area contributed by atoms with Crippen LogP contribution in [0.4, 0.5) is 0 Å². The van der Waals surface area contributed by atoms with Crippen molar-refractivity contribution in [2.45, 2.75) is 97.0 Å². The van der Waals surface area contributed by atoms with Crippen LogP contribution in [0.3, 0.4) is 0 Å². The zero-order valence-electron chi connectivity index (χ0n) is 22.0. The molecule has 0 saturated heterocycles. The molecular weight excluding hydrogens is 462 g/mol. The number of aliphatic hydroxyl groups is 3. The van der Waals surface area contributed by atoms with Gasteiger partial charge < -0.3 is 29.1 Å². The summed E-state index contributed by atoms with van der Waals surface area (Å²) in [6, 6.07) is 0. The third-order valence-corrected chi connectivity index (χ3v) is 6.17. The van der Waals surface area contributed by atoms with Crippen LogP contribution < -0.4 is 0 Å². The molecule has 0 saturated carbocycles. The quantitative estimate of drug-likeness (QED) is 0.0818. The van der Waals surface area contributed by atoms with E-state index >= 15 is 0 Å². The number of hydrogen-bond donors (Lipinski definition) is 3. The lowest BCUT2D eigenvalue weighted by atomic mass is 10.1. The molecule has 0 bridgehead atoms. The van der Waals surface area contributed by atoms with E-state index in [2.05, 4.69) is 11.1 Å². The molecule has 1 atom stereocenters. The third-order valence-electron chi connectivity index (χ3n) is 5.65. The number of hydrogen-bond acceptors (Lipinski definition) is 8. The van der Waals surface area contributed by atoms with Crippen LogP contribution in [-0.2, 0) is 19.3 Å². The molecule has 0 aliphatic carbocycles. The average molecular weight is 516 g/mol. The summed E-state index contributed by atoms with van der Waals surface area (Å²) in [5.74, 6) is 0. The van der Waals surface area contributed by atoms with Gasteiger partial charge in [-0.15, -0.1) is 0 Å². The van der Waals surface area contributed by atoms with Gasteiger partial charge in [-0.2, -0.15) is 0 Å². The second-order valence-corrected chi connectivity index (χ2v) is 10.2. The van der Waals surface area contributed by atoms with Gasteiger partial charge in [-0.05, 0) is 13.3 Å². The van der Waals surface area contributed by atoms with Crippen molar-refractivity contribution in [1.82, 2.24) is 0 Å². The maximum Gasteiger partial charge on any atom is 0.217 e. The van der Waals surface area contributed by atoms with Crippen LogP contribution in [-0.4, -0.2) is 98.6 Å². The normalized spacial score (nSPS) is 12.9. The van der Waals surface area contributed by atoms with Crippen molar-refractivity contribution in [3.63, 3.8) is 0 Å². The van der Waals surface area contributed by atoms with E-state index in [9.17, 15) is 18.1 Å². The van der Waals surface area contributed by atoms with Crippen molar-refractivity contribution in [2.75, 3.05) is 59.7 Å². The topological polar surface area (TPSA) is 136 Å². The van der Waals surface area contributed by atoms with Crippen LogP contribution >= 0.6 is 0 Å². The summed E-state index contributed by atoms with van der Waals surface area (Å²) < 4.78 is 38.1. The predicted molar refractivity (Wildman–Crippen MR) is 134 cm³/mol. The van der Waals surface area contributed by atoms with Crippen LogP contribution in [0.25, 0.3) is 0 Å². The standard InChI is InChI=1S/C22H48NO4.C2H6O4S/c1-3-4-5-6-7-8-9-10-11-12-13-14-19-27-21-22(26)20-23(2,15-17-24)16-18-25;1-2-6-7(3,4)5/h22,24-26H,3-21H2,1-2H3;2H2,1H3,(H,3,4,5)/q+1;/p-1. The Labute approximate surface area is 209 Å². The number of nitrogens with zero attached hydrogens (tertiary/aromatic N) is 1. The molecule has 0 aromatic carbocycles. The first-order valence-corrected chi connectivity index (χ1v) is 14.4. The molecule has 10 heteroatoms. The van der Waals surface area contributed by atoms with E-state index in [0.29, 0.717) is 37.3 Å². The SMILES string of the molecule is CCCCCCCCCCCCCCOCC(O)C[N+](C)(CCO)CCO.CCOS(=O)(=O)[O-]. The molecule has 34 heavy (non-hydrogen) atoms. The molecule has 0 aromatic rings. The number of unbranched alkanes of at least 4 members (excludes halogenated alkanes) is 11. The van der Waals surface area contributed by atoms with E-state index in [1.165, 1.54) is 77.6 Å². The molecule has 0 rings (SSSR count). The molecule has 0 spiro atoms. The number of rotatable bonds is 23. The Balaban J connectivity index is 0. The van der Waals surface area contributed by atoms with Crippen molar-refractivity contribution < 1.29 is 41.7 Å². The van der Waals surface area contributed by atoms with Gasteiger partial charge in [0, 0.05) is 6.61 Å². The Morgan fingerprint density at radius 3 is 1.62 bits per heavy atom. The van der Waals surface area contributed by atoms with Gasteiger partial charge in [0.05, 0.1) is 33.5 Å². The fourth-order valence-electron chi connectivity index (χ4n) is 3.75. The van der Waals surface area contributed by atoms with E-state index in [1.54, 1.807) is 0 Å². The molecule has 9 nitrogen and oxygen atoms in total. The molecule has 208 valence electrons. The molecule has 0 aromatic heterocycles. The van der Waals surface area contributed by atoms with Crippen LogP contribution in [0.15, 0.2) is 0 Å². The lowest BCUT2D eigenvalue weighted by molar-refractivity contribution is -0.913. The molecule has 3 N–H and O–H groups in total. The van der Waals surface area contributed by atoms with Gasteiger partial charge >= 0.3 is 0 Å². The summed E-state index contributed by atoms with van der Waals surface area (Å²) in [5.41, 5.74) is 0. The third kappa shape index (κ3) is 27.9. The van der Waals surface area contributed by atoms with E-state index in [-0.39, 0.29) is 19.8 Å². The maximum atomic E-state index is 10.1. The number of aliphatic hydroxyl groups excluding tert-OH is 3. The van der Waals surface area contributed by atoms with Gasteiger partial charge in [-0.1, -0.05) is 77.6 Å². The smallest absolute Gasteiger partial charge is 0.217 e. The molecular formula is C24H53NO8S. The highest BCUT2D eigenvalue weighted by atomic mass is 32.3. The van der Waals surface area contributed by atoms with Gasteiger partial charge in [0.1, 0.15) is 25.7 Å². The summed E-state index contributed by atoms with van der Waals surface area (Å²) in [6.45, 7) is 6.33. The largest absolute Gasteiger partial charge is 0.726 e. The Morgan fingerprint density at radius 2 is 1.26 bits per heavy atom. The Bertz CT molecular complexity index is 513. The lowest BCUT2D eigenvalue weighted by Gasteiger charge is -2.35. The molecule has 0 aliphatic heterocycles. The summed E-state index contributed by atoms with van der Waals surface area (Å²) >= 11 is 0. The van der Waals surface area contributed by atoms with E-state index < -0.39 is 16.5 Å². The monoisotopic (exact) mass is 515 g/mol. The Hall–Kier alpha value is -0.330. The highest BCUT2D eigenvalue weighted by Gasteiger charge is 2.24. The van der Waals surface area contributed by atoms with Crippen molar-refractivity contribution in [3.05, 3.63) is 0 Å². The zero-order valence-corrected chi connectivity index (χ0v) is 22.8. The molecule has 0 heterocycles. The molecule has 1 unspecified atom stereocenters. The highest BCUT2D eigenvalue weighted by Crippen LogP contribution is 2.12. The van der Waals surface area contributed by atoms with Gasteiger partial charge in [-0.3, -0.25) is 4.18 Å². The van der Waals surface area contributed by atoms with E-state index in [1.807, 2.05) is 7.05 Å². The van der Waals surface area contributed by atoms with Gasteiger partial charge in [-0.25, -0.2) is 8.42 Å². The van der Waals surface area contributed by atoms with E-state index in [0.717, 1.165) is 6.42 Å². The number of likely N-dealkylation sites (N-methyl/N-ethyl adjacent to an activating group) is 1. The van der Waals surface area contributed by atoms with Gasteiger partial charge in [0.25, 0.3) is 0 Å². The predicted octanol–water partition coefficient (Wildman–Crippen LogP) is 2.98. The van der Waals surface area contributed by atoms with Crippen LogP contribution in [0.5, 0.6) is 0 Å². The number of quaternary nitrogens is 1.